The first-order chi connectivity index (χ1) is 12.0. The number of aromatic nitrogens is 2. The van der Waals surface area contributed by atoms with Crippen LogP contribution in [0.25, 0.3) is 11.1 Å². The molecule has 1 aromatic carbocycles. The molecule has 0 aliphatic heterocycles. The summed E-state index contributed by atoms with van der Waals surface area (Å²) in [6, 6.07) is 14.1. The Kier molecular flexibility index (Phi) is 5.27. The Hall–Kier alpha value is -2.50. The van der Waals surface area contributed by atoms with E-state index in [-0.39, 0.29) is 0 Å². The van der Waals surface area contributed by atoms with E-state index in [9.17, 15) is 10.0 Å². The maximum absolute atomic E-state index is 9.39. The van der Waals surface area contributed by atoms with E-state index in [2.05, 4.69) is 58.8 Å². The zero-order valence-electron chi connectivity index (χ0n) is 14.6. The Morgan fingerprint density at radius 1 is 0.840 bits per heavy atom. The first-order valence-electron chi connectivity index (χ1n) is 8.50. The Bertz CT molecular complexity index is 847. The zero-order chi connectivity index (χ0) is 17.8. The average molecular weight is 334 g/mol. The fourth-order valence-electron chi connectivity index (χ4n) is 2.96. The third-order valence-corrected chi connectivity index (χ3v) is 4.30. The van der Waals surface area contributed by atoms with Gasteiger partial charge in [0.05, 0.1) is 0 Å². The van der Waals surface area contributed by atoms with Gasteiger partial charge in [-0.15, -0.1) is 0 Å². The predicted molar refractivity (Wildman–Crippen MR) is 98.0 cm³/mol. The Balaban J connectivity index is 1.78. The SMILES string of the molecule is CC[n+]1ccc(-c2cc[n+](Cc3cc(C)cc(B(O)O)c3)cc2)cc1. The number of aryl methyl sites for hydroxylation is 2. The molecule has 0 aliphatic carbocycles. The predicted octanol–water partition coefficient (Wildman–Crippen LogP) is 0.985. The normalized spacial score (nSPS) is 10.7. The summed E-state index contributed by atoms with van der Waals surface area (Å²) in [5, 5.41) is 18.8. The van der Waals surface area contributed by atoms with Crippen LogP contribution in [0.2, 0.25) is 0 Å². The number of nitrogens with zero attached hydrogens (tertiary/aromatic N) is 2. The Labute approximate surface area is 148 Å². The van der Waals surface area contributed by atoms with Crippen molar-refractivity contribution in [3.63, 3.8) is 0 Å². The maximum atomic E-state index is 9.39. The minimum absolute atomic E-state index is 0.528. The van der Waals surface area contributed by atoms with Crippen molar-refractivity contribution in [2.45, 2.75) is 26.9 Å². The van der Waals surface area contributed by atoms with Crippen LogP contribution >= 0.6 is 0 Å². The van der Waals surface area contributed by atoms with Crippen molar-refractivity contribution in [3.8, 4) is 11.1 Å². The van der Waals surface area contributed by atoms with Crippen molar-refractivity contribution < 1.29 is 19.2 Å². The molecule has 4 nitrogen and oxygen atoms in total. The van der Waals surface area contributed by atoms with Crippen LogP contribution in [0.15, 0.2) is 67.3 Å². The Morgan fingerprint density at radius 3 is 1.92 bits per heavy atom. The van der Waals surface area contributed by atoms with Gasteiger partial charge in [0.25, 0.3) is 0 Å². The van der Waals surface area contributed by atoms with Gasteiger partial charge in [-0.25, -0.2) is 9.13 Å². The topological polar surface area (TPSA) is 48.2 Å². The van der Waals surface area contributed by atoms with Crippen LogP contribution in [0, 0.1) is 6.92 Å². The lowest BCUT2D eigenvalue weighted by molar-refractivity contribution is -0.693. The molecule has 0 amide bonds. The largest absolute Gasteiger partial charge is 0.488 e. The highest BCUT2D eigenvalue weighted by atomic mass is 16.4. The van der Waals surface area contributed by atoms with E-state index in [0.717, 1.165) is 17.7 Å². The molecule has 0 fully saturated rings. The molecule has 0 saturated heterocycles. The highest BCUT2D eigenvalue weighted by molar-refractivity contribution is 6.58. The monoisotopic (exact) mass is 334 g/mol. The summed E-state index contributed by atoms with van der Waals surface area (Å²) in [6.45, 7) is 5.74. The second-order valence-corrected chi connectivity index (χ2v) is 6.30. The number of benzene rings is 1. The molecule has 25 heavy (non-hydrogen) atoms. The molecular weight excluding hydrogens is 311 g/mol. The van der Waals surface area contributed by atoms with E-state index in [4.69, 9.17) is 0 Å². The first kappa shape index (κ1) is 17.3. The number of hydrogen-bond acceptors (Lipinski definition) is 2. The summed E-state index contributed by atoms with van der Waals surface area (Å²) in [4.78, 5) is 0. The summed E-state index contributed by atoms with van der Waals surface area (Å²) < 4.78 is 4.22. The van der Waals surface area contributed by atoms with Crippen LogP contribution in [0.5, 0.6) is 0 Å². The van der Waals surface area contributed by atoms with Gasteiger partial charge in [0.1, 0.15) is 6.54 Å². The van der Waals surface area contributed by atoms with E-state index in [1.54, 1.807) is 6.07 Å². The standard InChI is InChI=1S/C20H23BN2O2/c1-3-22-8-4-18(5-9-22)19-6-10-23(11-7-19)15-17-12-16(2)13-20(14-17)21(24)25/h4-14,24-25H,3,15H2,1-2H3/q+2. The van der Waals surface area contributed by atoms with Crippen molar-refractivity contribution in [2.24, 2.45) is 0 Å². The molecule has 0 unspecified atom stereocenters. The molecule has 2 aromatic heterocycles. The molecule has 0 bridgehead atoms. The minimum Gasteiger partial charge on any atom is -0.423 e. The molecule has 0 aliphatic rings. The highest BCUT2D eigenvalue weighted by Gasteiger charge is 2.14. The van der Waals surface area contributed by atoms with Crippen LogP contribution in [0.1, 0.15) is 18.1 Å². The molecule has 2 N–H and O–H groups in total. The van der Waals surface area contributed by atoms with Gasteiger partial charge in [0.2, 0.25) is 0 Å². The van der Waals surface area contributed by atoms with Crippen LogP contribution in [-0.2, 0) is 13.1 Å². The molecule has 3 rings (SSSR count). The minimum atomic E-state index is -1.44. The lowest BCUT2D eigenvalue weighted by Crippen LogP contribution is -2.35. The molecule has 3 aromatic rings. The van der Waals surface area contributed by atoms with Crippen molar-refractivity contribution in [1.82, 2.24) is 0 Å². The zero-order valence-corrected chi connectivity index (χ0v) is 14.6. The van der Waals surface area contributed by atoms with E-state index in [1.807, 2.05) is 25.4 Å². The lowest BCUT2D eigenvalue weighted by Gasteiger charge is -2.05. The van der Waals surface area contributed by atoms with Crippen molar-refractivity contribution in [2.75, 3.05) is 0 Å². The van der Waals surface area contributed by atoms with Gasteiger partial charge in [-0.3, -0.25) is 0 Å². The van der Waals surface area contributed by atoms with E-state index >= 15 is 0 Å². The number of rotatable bonds is 5. The third-order valence-electron chi connectivity index (χ3n) is 4.30. The third kappa shape index (κ3) is 4.32. The van der Waals surface area contributed by atoms with E-state index in [0.29, 0.717) is 12.0 Å². The lowest BCUT2D eigenvalue weighted by atomic mass is 9.79. The number of hydrogen-bond donors (Lipinski definition) is 2. The Morgan fingerprint density at radius 2 is 1.40 bits per heavy atom. The summed E-state index contributed by atoms with van der Waals surface area (Å²) >= 11 is 0. The first-order valence-corrected chi connectivity index (χ1v) is 8.50. The molecule has 126 valence electrons. The van der Waals surface area contributed by atoms with Gasteiger partial charge in [0.15, 0.2) is 31.3 Å². The molecule has 2 heterocycles. The second-order valence-electron chi connectivity index (χ2n) is 6.30. The van der Waals surface area contributed by atoms with Gasteiger partial charge >= 0.3 is 7.12 Å². The fraction of sp³-hybridized carbons (Fsp3) is 0.200. The van der Waals surface area contributed by atoms with Crippen molar-refractivity contribution >= 4 is 12.6 Å². The van der Waals surface area contributed by atoms with Crippen molar-refractivity contribution in [1.29, 1.82) is 0 Å². The highest BCUT2D eigenvalue weighted by Crippen LogP contribution is 2.15. The van der Waals surface area contributed by atoms with Gasteiger partial charge < -0.3 is 10.0 Å². The van der Waals surface area contributed by atoms with Crippen molar-refractivity contribution in [3.05, 3.63) is 78.4 Å². The smallest absolute Gasteiger partial charge is 0.423 e. The van der Waals surface area contributed by atoms with Gasteiger partial charge in [-0.2, -0.15) is 0 Å². The molecular formula is C20H23BN2O2+2. The molecule has 0 radical (unpaired) electrons. The maximum Gasteiger partial charge on any atom is 0.488 e. The molecule has 0 atom stereocenters. The fourth-order valence-corrected chi connectivity index (χ4v) is 2.96. The summed E-state index contributed by atoms with van der Waals surface area (Å²) in [6.07, 6.45) is 8.27. The number of pyridine rings is 2. The molecule has 5 heteroatoms. The quantitative estimate of drug-likeness (QED) is 0.540. The van der Waals surface area contributed by atoms with Gasteiger partial charge in [-0.1, -0.05) is 17.7 Å². The van der Waals surface area contributed by atoms with E-state index in [1.165, 1.54) is 11.1 Å². The second kappa shape index (κ2) is 7.59. The van der Waals surface area contributed by atoms with Crippen LogP contribution in [0.3, 0.4) is 0 Å². The van der Waals surface area contributed by atoms with Crippen LogP contribution in [0.4, 0.5) is 0 Å². The van der Waals surface area contributed by atoms with Crippen LogP contribution in [-0.4, -0.2) is 17.2 Å². The summed E-state index contributed by atoms with van der Waals surface area (Å²) in [5.74, 6) is 0. The summed E-state index contributed by atoms with van der Waals surface area (Å²) in [5.41, 5.74) is 4.96. The van der Waals surface area contributed by atoms with E-state index < -0.39 is 7.12 Å². The van der Waals surface area contributed by atoms with Gasteiger partial charge in [-0.05, 0) is 36.5 Å². The van der Waals surface area contributed by atoms with Crippen LogP contribution < -0.4 is 14.6 Å². The molecule has 0 spiro atoms. The molecule has 0 saturated carbocycles. The van der Waals surface area contributed by atoms with Gasteiger partial charge in [0, 0.05) is 29.8 Å². The summed E-state index contributed by atoms with van der Waals surface area (Å²) in [7, 11) is -1.44. The average Bonchev–Trinajstić information content (AvgIpc) is 2.62.